The number of likely N-dealkylation sites (tertiary alicyclic amines) is 1. The topological polar surface area (TPSA) is 20.3 Å². The van der Waals surface area contributed by atoms with Crippen LogP contribution in [-0.2, 0) is 11.2 Å². The first kappa shape index (κ1) is 13.8. The summed E-state index contributed by atoms with van der Waals surface area (Å²) in [6.07, 6.45) is 9.07. The van der Waals surface area contributed by atoms with Crippen LogP contribution >= 0.6 is 0 Å². The SMILES string of the molecule is O=C(Cc1ccccc1)C1(N2CCCCC2)CCCC1. The first-order valence-electron chi connectivity index (χ1n) is 8.14. The minimum atomic E-state index is -0.129. The lowest BCUT2D eigenvalue weighted by atomic mass is 9.85. The van der Waals surface area contributed by atoms with Crippen molar-refractivity contribution in [3.05, 3.63) is 35.9 Å². The van der Waals surface area contributed by atoms with Crippen molar-refractivity contribution in [1.29, 1.82) is 0 Å². The van der Waals surface area contributed by atoms with E-state index in [9.17, 15) is 4.79 Å². The van der Waals surface area contributed by atoms with Crippen LogP contribution in [0.3, 0.4) is 0 Å². The van der Waals surface area contributed by atoms with Crippen LogP contribution in [0.5, 0.6) is 0 Å². The maximum absolute atomic E-state index is 13.0. The average molecular weight is 271 g/mol. The second kappa shape index (κ2) is 6.09. The molecule has 0 aromatic heterocycles. The maximum Gasteiger partial charge on any atom is 0.157 e. The largest absolute Gasteiger partial charge is 0.297 e. The van der Waals surface area contributed by atoms with E-state index in [4.69, 9.17) is 0 Å². The summed E-state index contributed by atoms with van der Waals surface area (Å²) in [7, 11) is 0. The van der Waals surface area contributed by atoms with E-state index >= 15 is 0 Å². The van der Waals surface area contributed by atoms with E-state index in [-0.39, 0.29) is 5.54 Å². The highest BCUT2D eigenvalue weighted by atomic mass is 16.1. The molecule has 0 unspecified atom stereocenters. The summed E-state index contributed by atoms with van der Waals surface area (Å²) in [5.74, 6) is 0.461. The standard InChI is InChI=1S/C18H25NO/c20-17(15-16-9-3-1-4-10-16)18(11-5-6-12-18)19-13-7-2-8-14-19/h1,3-4,9-10H,2,5-8,11-15H2. The molecule has 1 saturated carbocycles. The molecule has 1 aliphatic heterocycles. The van der Waals surface area contributed by atoms with Crippen molar-refractivity contribution >= 4 is 5.78 Å². The van der Waals surface area contributed by atoms with Gasteiger partial charge in [-0.3, -0.25) is 9.69 Å². The molecule has 2 heteroatoms. The van der Waals surface area contributed by atoms with Crippen LogP contribution in [0, 0.1) is 0 Å². The Hall–Kier alpha value is -1.15. The molecular weight excluding hydrogens is 246 g/mol. The van der Waals surface area contributed by atoms with Crippen molar-refractivity contribution in [1.82, 2.24) is 4.90 Å². The van der Waals surface area contributed by atoms with Gasteiger partial charge in [0.1, 0.15) is 0 Å². The zero-order chi connectivity index (χ0) is 13.8. The fourth-order valence-corrected chi connectivity index (χ4v) is 4.00. The summed E-state index contributed by atoms with van der Waals surface area (Å²) >= 11 is 0. The van der Waals surface area contributed by atoms with E-state index < -0.39 is 0 Å². The number of hydrogen-bond acceptors (Lipinski definition) is 2. The van der Waals surface area contributed by atoms with Gasteiger partial charge >= 0.3 is 0 Å². The molecule has 1 aromatic rings. The lowest BCUT2D eigenvalue weighted by molar-refractivity contribution is -0.131. The van der Waals surface area contributed by atoms with Crippen LogP contribution in [0.4, 0.5) is 0 Å². The molecule has 1 heterocycles. The minimum Gasteiger partial charge on any atom is -0.297 e. The number of nitrogens with zero attached hydrogens (tertiary/aromatic N) is 1. The predicted octanol–water partition coefficient (Wildman–Crippen LogP) is 3.60. The molecule has 108 valence electrons. The molecule has 2 fully saturated rings. The molecule has 2 nitrogen and oxygen atoms in total. The fraction of sp³-hybridized carbons (Fsp3) is 0.611. The maximum atomic E-state index is 13.0. The number of rotatable bonds is 4. The molecule has 3 rings (SSSR count). The summed E-state index contributed by atoms with van der Waals surface area (Å²) in [5.41, 5.74) is 1.04. The van der Waals surface area contributed by atoms with Crippen molar-refractivity contribution in [2.45, 2.75) is 56.9 Å². The van der Waals surface area contributed by atoms with Crippen molar-refractivity contribution < 1.29 is 4.79 Å². The van der Waals surface area contributed by atoms with Gasteiger partial charge in [0.25, 0.3) is 0 Å². The van der Waals surface area contributed by atoms with Crippen molar-refractivity contribution in [3.63, 3.8) is 0 Å². The van der Waals surface area contributed by atoms with Gasteiger partial charge in [-0.05, 0) is 44.3 Å². The Morgan fingerprint density at radius 2 is 1.60 bits per heavy atom. The number of Topliss-reactive ketones (excluding diaryl/α,β-unsaturated/α-hetero) is 1. The molecular formula is C18H25NO. The Labute approximate surface area is 122 Å². The molecule has 2 aliphatic rings. The van der Waals surface area contributed by atoms with Crippen LogP contribution in [-0.4, -0.2) is 29.3 Å². The lowest BCUT2D eigenvalue weighted by Gasteiger charge is -2.42. The van der Waals surface area contributed by atoms with E-state index in [1.165, 1.54) is 37.7 Å². The van der Waals surface area contributed by atoms with Crippen LogP contribution in [0.2, 0.25) is 0 Å². The van der Waals surface area contributed by atoms with Crippen molar-refractivity contribution in [3.8, 4) is 0 Å². The molecule has 0 amide bonds. The highest BCUT2D eigenvalue weighted by Gasteiger charge is 2.45. The zero-order valence-electron chi connectivity index (χ0n) is 12.3. The van der Waals surface area contributed by atoms with Gasteiger partial charge in [0.15, 0.2) is 5.78 Å². The number of ketones is 1. The molecule has 0 radical (unpaired) electrons. The third-order valence-corrected chi connectivity index (χ3v) is 5.12. The van der Waals surface area contributed by atoms with Crippen LogP contribution < -0.4 is 0 Å². The molecule has 1 aliphatic carbocycles. The quantitative estimate of drug-likeness (QED) is 0.834. The first-order chi connectivity index (χ1) is 9.81. The Morgan fingerprint density at radius 3 is 2.25 bits per heavy atom. The monoisotopic (exact) mass is 271 g/mol. The number of carbonyl (C=O) groups is 1. The highest BCUT2D eigenvalue weighted by molar-refractivity contribution is 5.90. The summed E-state index contributed by atoms with van der Waals surface area (Å²) < 4.78 is 0. The number of hydrogen-bond donors (Lipinski definition) is 0. The third-order valence-electron chi connectivity index (χ3n) is 5.12. The Morgan fingerprint density at radius 1 is 0.950 bits per heavy atom. The van der Waals surface area contributed by atoms with Gasteiger partial charge in [-0.25, -0.2) is 0 Å². The van der Waals surface area contributed by atoms with Gasteiger partial charge in [0, 0.05) is 6.42 Å². The molecule has 0 bridgehead atoms. The minimum absolute atomic E-state index is 0.129. The predicted molar refractivity (Wildman–Crippen MR) is 81.8 cm³/mol. The van der Waals surface area contributed by atoms with Crippen molar-refractivity contribution in [2.75, 3.05) is 13.1 Å². The Kier molecular flexibility index (Phi) is 4.21. The van der Waals surface area contributed by atoms with Gasteiger partial charge < -0.3 is 0 Å². The van der Waals surface area contributed by atoms with E-state index in [1.807, 2.05) is 18.2 Å². The number of piperidine rings is 1. The van der Waals surface area contributed by atoms with Crippen LogP contribution in [0.25, 0.3) is 0 Å². The normalized spacial score (nSPS) is 22.8. The van der Waals surface area contributed by atoms with E-state index in [1.54, 1.807) is 0 Å². The Bertz CT molecular complexity index is 442. The second-order valence-corrected chi connectivity index (χ2v) is 6.37. The highest BCUT2D eigenvalue weighted by Crippen LogP contribution is 2.38. The number of carbonyl (C=O) groups excluding carboxylic acids is 1. The first-order valence-corrected chi connectivity index (χ1v) is 8.14. The van der Waals surface area contributed by atoms with Gasteiger partial charge in [0.2, 0.25) is 0 Å². The van der Waals surface area contributed by atoms with E-state index in [2.05, 4.69) is 17.0 Å². The summed E-state index contributed by atoms with van der Waals surface area (Å²) in [6, 6.07) is 10.2. The molecule has 1 saturated heterocycles. The molecule has 0 spiro atoms. The van der Waals surface area contributed by atoms with Gasteiger partial charge in [0.05, 0.1) is 5.54 Å². The van der Waals surface area contributed by atoms with Crippen molar-refractivity contribution in [2.24, 2.45) is 0 Å². The van der Waals surface area contributed by atoms with E-state index in [0.717, 1.165) is 25.9 Å². The third kappa shape index (κ3) is 2.67. The average Bonchev–Trinajstić information content (AvgIpc) is 3.00. The Balaban J connectivity index is 1.77. The second-order valence-electron chi connectivity index (χ2n) is 6.37. The van der Waals surface area contributed by atoms with E-state index in [0.29, 0.717) is 12.2 Å². The van der Waals surface area contributed by atoms with Gasteiger partial charge in [-0.1, -0.05) is 49.6 Å². The molecule has 1 aromatic carbocycles. The summed E-state index contributed by atoms with van der Waals surface area (Å²) in [6.45, 7) is 2.25. The summed E-state index contributed by atoms with van der Waals surface area (Å²) in [5, 5.41) is 0. The number of benzene rings is 1. The van der Waals surface area contributed by atoms with Crippen LogP contribution in [0.15, 0.2) is 30.3 Å². The molecule has 0 N–H and O–H groups in total. The smallest absolute Gasteiger partial charge is 0.157 e. The van der Waals surface area contributed by atoms with Gasteiger partial charge in [-0.15, -0.1) is 0 Å². The molecule has 0 atom stereocenters. The van der Waals surface area contributed by atoms with Gasteiger partial charge in [-0.2, -0.15) is 0 Å². The zero-order valence-corrected chi connectivity index (χ0v) is 12.3. The fourth-order valence-electron chi connectivity index (χ4n) is 4.00. The molecule has 20 heavy (non-hydrogen) atoms. The van der Waals surface area contributed by atoms with Crippen LogP contribution in [0.1, 0.15) is 50.5 Å². The summed E-state index contributed by atoms with van der Waals surface area (Å²) in [4.78, 5) is 15.5. The lowest BCUT2D eigenvalue weighted by Crippen LogP contribution is -2.55.